The summed E-state index contributed by atoms with van der Waals surface area (Å²) in [6, 6.07) is 10.3. The van der Waals surface area contributed by atoms with Crippen LogP contribution in [0.25, 0.3) is 0 Å². The number of nitrogens with zero attached hydrogens (tertiary/aromatic N) is 3. The fourth-order valence-corrected chi connectivity index (χ4v) is 5.05. The van der Waals surface area contributed by atoms with Crippen LogP contribution in [-0.4, -0.2) is 64.1 Å². The Morgan fingerprint density at radius 2 is 1.82 bits per heavy atom. The van der Waals surface area contributed by atoms with Crippen molar-refractivity contribution in [1.29, 1.82) is 0 Å². The van der Waals surface area contributed by atoms with Crippen LogP contribution in [0, 0.1) is 0 Å². The van der Waals surface area contributed by atoms with Crippen LogP contribution >= 0.6 is 0 Å². The molecule has 0 radical (unpaired) electrons. The minimum Gasteiger partial charge on any atom is -0.492 e. The van der Waals surface area contributed by atoms with Gasteiger partial charge in [0.2, 0.25) is 5.91 Å². The number of amides is 1. The summed E-state index contributed by atoms with van der Waals surface area (Å²) in [4.78, 5) is 43.0. The standard InChI is InChI=1S/C26H36N4O4/c31-24-11-16-30(26(33)27-24)17-12-25(32)29-15-4-3-14-28-13-2-1-7-22(28)10-9-21-6-5-8-23(20-21)34-19-18-29/h5-6,8,11,16,20,22H,1-4,7,9-10,12-15,17-19H2,(H,27,31,33). The largest absolute Gasteiger partial charge is 0.492 e. The lowest BCUT2D eigenvalue weighted by Gasteiger charge is -2.36. The van der Waals surface area contributed by atoms with Gasteiger partial charge in [-0.05, 0) is 69.3 Å². The number of carbonyl (C=O) groups is 1. The lowest BCUT2D eigenvalue weighted by molar-refractivity contribution is -0.132. The quantitative estimate of drug-likeness (QED) is 0.748. The van der Waals surface area contributed by atoms with Crippen LogP contribution in [-0.2, 0) is 17.8 Å². The van der Waals surface area contributed by atoms with Gasteiger partial charge in [-0.2, -0.15) is 0 Å². The van der Waals surface area contributed by atoms with Gasteiger partial charge in [0.15, 0.2) is 0 Å². The van der Waals surface area contributed by atoms with Gasteiger partial charge < -0.3 is 19.1 Å². The molecule has 0 spiro atoms. The van der Waals surface area contributed by atoms with E-state index in [1.54, 1.807) is 0 Å². The van der Waals surface area contributed by atoms with Crippen LogP contribution < -0.4 is 16.0 Å². The summed E-state index contributed by atoms with van der Waals surface area (Å²) in [5, 5.41) is 0. The average molecular weight is 469 g/mol. The third-order valence-electron chi connectivity index (χ3n) is 6.98. The second-order valence-corrected chi connectivity index (χ2v) is 9.36. The van der Waals surface area contributed by atoms with Crippen molar-refractivity contribution in [3.63, 3.8) is 0 Å². The summed E-state index contributed by atoms with van der Waals surface area (Å²) in [6.07, 6.45) is 9.74. The topological polar surface area (TPSA) is 87.6 Å². The average Bonchev–Trinajstić information content (AvgIpc) is 2.84. The van der Waals surface area contributed by atoms with Gasteiger partial charge in [0.25, 0.3) is 5.56 Å². The molecule has 2 aliphatic heterocycles. The number of hydrogen-bond donors (Lipinski definition) is 1. The fourth-order valence-electron chi connectivity index (χ4n) is 5.05. The third kappa shape index (κ3) is 6.82. The van der Waals surface area contributed by atoms with Crippen molar-refractivity contribution in [2.75, 3.05) is 32.8 Å². The number of benzene rings is 1. The number of aryl methyl sites for hydroxylation is 2. The van der Waals surface area contributed by atoms with E-state index in [1.807, 2.05) is 17.0 Å². The maximum absolute atomic E-state index is 13.0. The molecule has 1 aromatic carbocycles. The molecule has 1 amide bonds. The smallest absolute Gasteiger partial charge is 0.328 e. The first-order chi connectivity index (χ1) is 16.6. The molecule has 1 unspecified atom stereocenters. The van der Waals surface area contributed by atoms with E-state index in [0.717, 1.165) is 31.6 Å². The van der Waals surface area contributed by atoms with Crippen molar-refractivity contribution in [3.05, 3.63) is 62.9 Å². The van der Waals surface area contributed by atoms with Gasteiger partial charge in [0.05, 0.1) is 6.54 Å². The van der Waals surface area contributed by atoms with E-state index < -0.39 is 11.2 Å². The predicted molar refractivity (Wildman–Crippen MR) is 131 cm³/mol. The van der Waals surface area contributed by atoms with Crippen molar-refractivity contribution in [1.82, 2.24) is 19.4 Å². The van der Waals surface area contributed by atoms with Crippen molar-refractivity contribution in [2.24, 2.45) is 0 Å². The molecule has 2 aromatic rings. The molecule has 0 aliphatic carbocycles. The summed E-state index contributed by atoms with van der Waals surface area (Å²) in [6.45, 7) is 4.11. The van der Waals surface area contributed by atoms with Crippen LogP contribution in [0.2, 0.25) is 0 Å². The number of H-pyrrole nitrogens is 1. The number of ether oxygens (including phenoxy) is 1. The van der Waals surface area contributed by atoms with Crippen LogP contribution in [0.3, 0.4) is 0 Å². The second kappa shape index (κ2) is 12.0. The van der Waals surface area contributed by atoms with E-state index in [1.165, 1.54) is 54.6 Å². The molecule has 184 valence electrons. The lowest BCUT2D eigenvalue weighted by Crippen LogP contribution is -2.41. The van der Waals surface area contributed by atoms with Crippen molar-refractivity contribution in [2.45, 2.75) is 64.0 Å². The van der Waals surface area contributed by atoms with Gasteiger partial charge in [-0.15, -0.1) is 0 Å². The van der Waals surface area contributed by atoms with Crippen LogP contribution in [0.1, 0.15) is 50.5 Å². The molecule has 4 rings (SSSR count). The monoisotopic (exact) mass is 468 g/mol. The Hall–Kier alpha value is -2.87. The molecular formula is C26H36N4O4. The van der Waals surface area contributed by atoms with Crippen LogP contribution in [0.15, 0.2) is 46.1 Å². The molecule has 2 aliphatic rings. The first-order valence-corrected chi connectivity index (χ1v) is 12.6. The zero-order valence-corrected chi connectivity index (χ0v) is 19.9. The van der Waals surface area contributed by atoms with Crippen molar-refractivity contribution in [3.8, 4) is 5.75 Å². The van der Waals surface area contributed by atoms with Crippen LogP contribution in [0.5, 0.6) is 5.75 Å². The normalized spacial score (nSPS) is 20.5. The molecule has 1 N–H and O–H groups in total. The molecule has 1 aromatic heterocycles. The molecule has 2 bridgehead atoms. The first-order valence-electron chi connectivity index (χ1n) is 12.6. The fraction of sp³-hybridized carbons (Fsp3) is 0.577. The molecular weight excluding hydrogens is 432 g/mol. The summed E-state index contributed by atoms with van der Waals surface area (Å²) >= 11 is 0. The molecule has 3 heterocycles. The Morgan fingerprint density at radius 1 is 1.00 bits per heavy atom. The molecule has 8 nitrogen and oxygen atoms in total. The van der Waals surface area contributed by atoms with Gasteiger partial charge in [0.1, 0.15) is 12.4 Å². The Morgan fingerprint density at radius 3 is 2.68 bits per heavy atom. The highest BCUT2D eigenvalue weighted by Crippen LogP contribution is 2.23. The summed E-state index contributed by atoms with van der Waals surface area (Å²) < 4.78 is 7.37. The van der Waals surface area contributed by atoms with E-state index in [9.17, 15) is 14.4 Å². The van der Waals surface area contributed by atoms with Crippen LogP contribution in [0.4, 0.5) is 0 Å². The summed E-state index contributed by atoms with van der Waals surface area (Å²) in [7, 11) is 0. The maximum atomic E-state index is 13.0. The third-order valence-corrected chi connectivity index (χ3v) is 6.98. The highest BCUT2D eigenvalue weighted by Gasteiger charge is 2.22. The molecule has 1 atom stereocenters. The van der Waals surface area contributed by atoms with Gasteiger partial charge >= 0.3 is 5.69 Å². The molecule has 8 heteroatoms. The number of aromatic amines is 1. The van der Waals surface area contributed by atoms with Gasteiger partial charge in [-0.1, -0.05) is 18.6 Å². The zero-order chi connectivity index (χ0) is 23.8. The summed E-state index contributed by atoms with van der Waals surface area (Å²) in [5.41, 5.74) is 0.379. The van der Waals surface area contributed by atoms with Gasteiger partial charge in [-0.25, -0.2) is 4.79 Å². The zero-order valence-electron chi connectivity index (χ0n) is 19.9. The van der Waals surface area contributed by atoms with Gasteiger partial charge in [0, 0.05) is 37.8 Å². The number of fused-ring (bicyclic) bond motifs is 3. The minimum absolute atomic E-state index is 0.00406. The van der Waals surface area contributed by atoms with E-state index in [2.05, 4.69) is 22.0 Å². The lowest BCUT2D eigenvalue weighted by atomic mass is 9.95. The Bertz CT molecular complexity index is 1060. The highest BCUT2D eigenvalue weighted by molar-refractivity contribution is 5.76. The Balaban J connectivity index is 1.41. The van der Waals surface area contributed by atoms with E-state index >= 15 is 0 Å². The number of carbonyl (C=O) groups excluding carboxylic acids is 1. The number of nitrogens with one attached hydrogen (secondary N) is 1. The maximum Gasteiger partial charge on any atom is 0.328 e. The Kier molecular flexibility index (Phi) is 8.57. The number of piperidine rings is 1. The highest BCUT2D eigenvalue weighted by atomic mass is 16.5. The second-order valence-electron chi connectivity index (χ2n) is 9.36. The van der Waals surface area contributed by atoms with Gasteiger partial charge in [-0.3, -0.25) is 14.6 Å². The molecule has 0 saturated carbocycles. The summed E-state index contributed by atoms with van der Waals surface area (Å²) in [5.74, 6) is 0.843. The Labute approximate surface area is 200 Å². The number of aromatic nitrogens is 2. The van der Waals surface area contributed by atoms with E-state index in [4.69, 9.17) is 4.74 Å². The van der Waals surface area contributed by atoms with Crippen molar-refractivity contribution >= 4 is 5.91 Å². The van der Waals surface area contributed by atoms with E-state index in [-0.39, 0.29) is 18.9 Å². The van der Waals surface area contributed by atoms with Crippen molar-refractivity contribution < 1.29 is 9.53 Å². The number of hydrogen-bond acceptors (Lipinski definition) is 5. The predicted octanol–water partition coefficient (Wildman–Crippen LogP) is 2.42. The molecule has 1 saturated heterocycles. The minimum atomic E-state index is -0.489. The number of rotatable bonds is 3. The first kappa shape index (κ1) is 24.3. The van der Waals surface area contributed by atoms with E-state index in [0.29, 0.717) is 25.7 Å². The molecule has 1 fully saturated rings. The molecule has 34 heavy (non-hydrogen) atoms. The SMILES string of the molecule is O=C(CCn1ccc(=O)[nH]c1=O)N1CCCCN2CCCCC2CCc2cccc(c2)OCC1.